The molecule has 0 amide bonds. The Balaban J connectivity index is 1.75. The number of aliphatic imine (C=N–C) groups is 1. The zero-order chi connectivity index (χ0) is 19.0. The van der Waals surface area contributed by atoms with E-state index in [4.69, 9.17) is 33.2 Å². The van der Waals surface area contributed by atoms with Crippen LogP contribution in [0.1, 0.15) is 18.2 Å². The van der Waals surface area contributed by atoms with Crippen LogP contribution < -0.4 is 0 Å². The molecule has 1 N–H and O–H groups in total. The molecule has 0 aliphatic rings. The first-order valence-electron chi connectivity index (χ1n) is 8.45. The fourth-order valence-electron chi connectivity index (χ4n) is 2.89. The molecule has 4 nitrogen and oxygen atoms in total. The van der Waals surface area contributed by atoms with Crippen LogP contribution in [0.2, 0.25) is 10.0 Å². The number of halogens is 2. The van der Waals surface area contributed by atoms with Gasteiger partial charge in [0, 0.05) is 0 Å². The lowest BCUT2D eigenvalue weighted by molar-refractivity contribution is 1.21. The van der Waals surface area contributed by atoms with Crippen molar-refractivity contribution >= 4 is 45.6 Å². The number of nitrogens with zero attached hydrogens (tertiary/aromatic N) is 3. The molecule has 134 valence electrons. The normalized spacial score (nSPS) is 11.9. The molecular weight excluding hydrogens is 379 g/mol. The minimum Gasteiger partial charge on any atom is -0.337 e. The number of hydrogen-bond donors (Lipinski definition) is 1. The Morgan fingerprint density at radius 3 is 2.37 bits per heavy atom. The van der Waals surface area contributed by atoms with Gasteiger partial charge >= 0.3 is 0 Å². The van der Waals surface area contributed by atoms with Crippen molar-refractivity contribution in [1.29, 1.82) is 0 Å². The van der Waals surface area contributed by atoms with Crippen LogP contribution in [-0.2, 0) is 0 Å². The first-order chi connectivity index (χ1) is 13.0. The lowest BCUT2D eigenvalue weighted by Crippen LogP contribution is -2.00. The molecule has 0 spiro atoms. The number of aromatic nitrogens is 3. The third kappa shape index (κ3) is 3.46. The number of nitrogens with one attached hydrogen (secondary N) is 1. The Morgan fingerprint density at radius 2 is 1.63 bits per heavy atom. The highest BCUT2D eigenvalue weighted by molar-refractivity contribution is 6.39. The molecule has 6 heteroatoms. The topological polar surface area (TPSA) is 53.9 Å². The quantitative estimate of drug-likeness (QED) is 0.409. The van der Waals surface area contributed by atoms with Crippen LogP contribution in [-0.4, -0.2) is 20.7 Å². The molecule has 0 atom stereocenters. The second kappa shape index (κ2) is 7.14. The van der Waals surface area contributed by atoms with Gasteiger partial charge in [0.15, 0.2) is 5.82 Å². The highest BCUT2D eigenvalue weighted by Gasteiger charge is 2.11. The van der Waals surface area contributed by atoms with E-state index in [0.717, 1.165) is 39.5 Å². The molecule has 0 radical (unpaired) electrons. The van der Waals surface area contributed by atoms with E-state index in [0.29, 0.717) is 15.7 Å². The highest BCUT2D eigenvalue weighted by Crippen LogP contribution is 2.33. The van der Waals surface area contributed by atoms with Crippen LogP contribution in [0.5, 0.6) is 0 Å². The fourth-order valence-corrected chi connectivity index (χ4v) is 3.37. The van der Waals surface area contributed by atoms with Gasteiger partial charge in [0.05, 0.1) is 32.5 Å². The molecule has 0 saturated carbocycles. The predicted octanol–water partition coefficient (Wildman–Crippen LogP) is 6.38. The number of aromatic amines is 1. The van der Waals surface area contributed by atoms with E-state index in [1.54, 1.807) is 18.2 Å². The SMILES string of the molecule is CC(=Nc1c(Cl)cccc1Cl)c1cccc(-c2nc3c(C)cccc3[nH]2)n1. The summed E-state index contributed by atoms with van der Waals surface area (Å²) in [4.78, 5) is 17.3. The van der Waals surface area contributed by atoms with Crippen LogP contribution in [0.4, 0.5) is 5.69 Å². The van der Waals surface area contributed by atoms with E-state index in [9.17, 15) is 0 Å². The molecule has 0 aliphatic heterocycles. The molecule has 4 rings (SSSR count). The summed E-state index contributed by atoms with van der Waals surface area (Å²) < 4.78 is 0. The Hall–Kier alpha value is -2.69. The van der Waals surface area contributed by atoms with E-state index >= 15 is 0 Å². The van der Waals surface area contributed by atoms with Crippen molar-refractivity contribution in [1.82, 2.24) is 15.0 Å². The number of H-pyrrole nitrogens is 1. The van der Waals surface area contributed by atoms with E-state index < -0.39 is 0 Å². The van der Waals surface area contributed by atoms with Gasteiger partial charge < -0.3 is 4.98 Å². The van der Waals surface area contributed by atoms with Crippen LogP contribution in [0.3, 0.4) is 0 Å². The number of imidazole rings is 1. The molecule has 4 aromatic rings. The van der Waals surface area contributed by atoms with Crippen molar-refractivity contribution < 1.29 is 0 Å². The average Bonchev–Trinajstić information content (AvgIpc) is 3.11. The zero-order valence-electron chi connectivity index (χ0n) is 14.8. The molecule has 0 saturated heterocycles. The Labute approximate surface area is 166 Å². The standard InChI is InChI=1S/C21H16Cl2N4/c1-12-6-3-10-17-19(12)27-21(26-17)18-11-5-9-16(25-18)13(2)24-20-14(22)7-4-8-15(20)23/h3-11H,1-2H3,(H,26,27). The summed E-state index contributed by atoms with van der Waals surface area (Å²) in [5.74, 6) is 0.727. The van der Waals surface area contributed by atoms with Crippen molar-refractivity contribution in [2.24, 2.45) is 4.99 Å². The summed E-state index contributed by atoms with van der Waals surface area (Å²) in [5.41, 5.74) is 5.82. The number of fused-ring (bicyclic) bond motifs is 1. The molecule has 0 unspecified atom stereocenters. The van der Waals surface area contributed by atoms with Crippen molar-refractivity contribution in [3.63, 3.8) is 0 Å². The summed E-state index contributed by atoms with van der Waals surface area (Å²) in [6.07, 6.45) is 0. The maximum absolute atomic E-state index is 6.22. The van der Waals surface area contributed by atoms with Gasteiger partial charge in [0.2, 0.25) is 0 Å². The average molecular weight is 395 g/mol. The first kappa shape index (κ1) is 17.7. The summed E-state index contributed by atoms with van der Waals surface area (Å²) in [6.45, 7) is 3.93. The van der Waals surface area contributed by atoms with E-state index in [1.807, 2.05) is 50.2 Å². The molecule has 0 aliphatic carbocycles. The zero-order valence-corrected chi connectivity index (χ0v) is 16.3. The monoisotopic (exact) mass is 394 g/mol. The van der Waals surface area contributed by atoms with Gasteiger partial charge in [-0.15, -0.1) is 0 Å². The maximum Gasteiger partial charge on any atom is 0.157 e. The van der Waals surface area contributed by atoms with Gasteiger partial charge in [-0.25, -0.2) is 15.0 Å². The number of aryl methyl sites for hydroxylation is 1. The number of rotatable bonds is 3. The minimum atomic E-state index is 0.505. The first-order valence-corrected chi connectivity index (χ1v) is 9.21. The van der Waals surface area contributed by atoms with Crippen LogP contribution >= 0.6 is 23.2 Å². The Kier molecular flexibility index (Phi) is 4.68. The minimum absolute atomic E-state index is 0.505. The van der Waals surface area contributed by atoms with Gasteiger partial charge in [-0.05, 0) is 49.7 Å². The van der Waals surface area contributed by atoms with Gasteiger partial charge in [-0.3, -0.25) is 0 Å². The van der Waals surface area contributed by atoms with Gasteiger partial charge in [0.1, 0.15) is 11.4 Å². The van der Waals surface area contributed by atoms with Gasteiger partial charge in [0.25, 0.3) is 0 Å². The maximum atomic E-state index is 6.22. The van der Waals surface area contributed by atoms with E-state index in [2.05, 4.69) is 9.98 Å². The third-order valence-corrected chi connectivity index (χ3v) is 4.90. The summed E-state index contributed by atoms with van der Waals surface area (Å²) in [6, 6.07) is 17.1. The molecular formula is C21H16Cl2N4. The summed E-state index contributed by atoms with van der Waals surface area (Å²) >= 11 is 12.4. The Bertz CT molecular complexity index is 1160. The van der Waals surface area contributed by atoms with Crippen LogP contribution in [0.15, 0.2) is 59.6 Å². The van der Waals surface area contributed by atoms with Crippen LogP contribution in [0, 0.1) is 6.92 Å². The highest BCUT2D eigenvalue weighted by atomic mass is 35.5. The third-order valence-electron chi connectivity index (χ3n) is 4.29. The number of pyridine rings is 1. The van der Waals surface area contributed by atoms with Crippen LogP contribution in [0.25, 0.3) is 22.6 Å². The molecule has 2 heterocycles. The second-order valence-electron chi connectivity index (χ2n) is 6.23. The number of benzene rings is 2. The molecule has 0 bridgehead atoms. The van der Waals surface area contributed by atoms with E-state index in [1.165, 1.54) is 0 Å². The summed E-state index contributed by atoms with van der Waals surface area (Å²) in [5, 5.41) is 1.01. The van der Waals surface area contributed by atoms with Crippen molar-refractivity contribution in [3.8, 4) is 11.5 Å². The summed E-state index contributed by atoms with van der Waals surface area (Å²) in [7, 11) is 0. The number of para-hydroxylation sites is 2. The number of hydrogen-bond acceptors (Lipinski definition) is 3. The lowest BCUT2D eigenvalue weighted by atomic mass is 10.2. The second-order valence-corrected chi connectivity index (χ2v) is 7.05. The Morgan fingerprint density at radius 1 is 0.926 bits per heavy atom. The smallest absolute Gasteiger partial charge is 0.157 e. The van der Waals surface area contributed by atoms with Crippen molar-refractivity contribution in [2.75, 3.05) is 0 Å². The molecule has 0 fully saturated rings. The molecule has 2 aromatic carbocycles. The fraction of sp³-hybridized carbons (Fsp3) is 0.0952. The van der Waals surface area contributed by atoms with Gasteiger partial charge in [-0.2, -0.15) is 0 Å². The van der Waals surface area contributed by atoms with Crippen molar-refractivity contribution in [3.05, 3.63) is 75.9 Å². The van der Waals surface area contributed by atoms with Crippen molar-refractivity contribution in [2.45, 2.75) is 13.8 Å². The predicted molar refractivity (Wildman–Crippen MR) is 112 cm³/mol. The molecule has 27 heavy (non-hydrogen) atoms. The lowest BCUT2D eigenvalue weighted by Gasteiger charge is -2.05. The van der Waals surface area contributed by atoms with Gasteiger partial charge in [-0.1, -0.05) is 47.5 Å². The van der Waals surface area contributed by atoms with E-state index in [-0.39, 0.29) is 0 Å². The largest absolute Gasteiger partial charge is 0.337 e. The molecule has 2 aromatic heterocycles.